The zero-order valence-corrected chi connectivity index (χ0v) is 13.3. The van der Waals surface area contributed by atoms with Crippen molar-refractivity contribution in [3.63, 3.8) is 0 Å². The van der Waals surface area contributed by atoms with Crippen LogP contribution in [0.25, 0.3) is 0 Å². The third-order valence-electron chi connectivity index (χ3n) is 2.76. The number of ether oxygens (including phenoxy) is 2. The Labute approximate surface area is 121 Å². The van der Waals surface area contributed by atoms with E-state index in [1.54, 1.807) is 41.5 Å². The first-order valence-electron chi connectivity index (χ1n) is 6.88. The van der Waals surface area contributed by atoms with Crippen LogP contribution in [0.4, 0.5) is 0 Å². The topological polar surface area (TPSA) is 93.1 Å². The lowest BCUT2D eigenvalue weighted by Gasteiger charge is -2.11. The van der Waals surface area contributed by atoms with Gasteiger partial charge in [-0.2, -0.15) is 0 Å². The van der Waals surface area contributed by atoms with Gasteiger partial charge in [0, 0.05) is 0 Å². The van der Waals surface area contributed by atoms with E-state index in [9.17, 15) is 9.59 Å². The standard InChI is InChI=1S/2C7H14O3/c2*1-4-10-7(9)5(2)6(3)8/h2*5-6,8H,4H2,1-3H3. The summed E-state index contributed by atoms with van der Waals surface area (Å²) in [5, 5.41) is 17.8. The van der Waals surface area contributed by atoms with E-state index in [0.29, 0.717) is 13.2 Å². The Morgan fingerprint density at radius 1 is 0.800 bits per heavy atom. The molecule has 0 rings (SSSR count). The van der Waals surface area contributed by atoms with Gasteiger partial charge in [0.25, 0.3) is 0 Å². The summed E-state index contributed by atoms with van der Waals surface area (Å²) in [6, 6.07) is 0. The van der Waals surface area contributed by atoms with Gasteiger partial charge in [0.05, 0.1) is 37.3 Å². The van der Waals surface area contributed by atoms with Crippen LogP contribution < -0.4 is 0 Å². The molecule has 0 amide bonds. The quantitative estimate of drug-likeness (QED) is 0.713. The number of hydrogen-bond donors (Lipinski definition) is 2. The van der Waals surface area contributed by atoms with Gasteiger partial charge in [-0.3, -0.25) is 9.59 Å². The van der Waals surface area contributed by atoms with Crippen molar-refractivity contribution in [1.29, 1.82) is 0 Å². The lowest BCUT2D eigenvalue weighted by Crippen LogP contribution is -2.24. The lowest BCUT2D eigenvalue weighted by molar-refractivity contribution is -0.151. The second-order valence-corrected chi connectivity index (χ2v) is 4.56. The molecule has 20 heavy (non-hydrogen) atoms. The smallest absolute Gasteiger partial charge is 0.311 e. The highest BCUT2D eigenvalue weighted by atomic mass is 16.5. The number of carbonyl (C=O) groups is 2. The summed E-state index contributed by atoms with van der Waals surface area (Å²) in [4.78, 5) is 21.6. The fraction of sp³-hybridized carbons (Fsp3) is 0.857. The molecular weight excluding hydrogens is 264 g/mol. The van der Waals surface area contributed by atoms with E-state index >= 15 is 0 Å². The number of esters is 2. The molecule has 0 aliphatic rings. The molecule has 0 fully saturated rings. The first-order chi connectivity index (χ1) is 9.18. The molecule has 0 aromatic rings. The van der Waals surface area contributed by atoms with Crippen molar-refractivity contribution >= 4 is 11.9 Å². The molecule has 120 valence electrons. The zero-order valence-electron chi connectivity index (χ0n) is 13.3. The predicted octanol–water partition coefficient (Wildman–Crippen LogP) is 1.13. The van der Waals surface area contributed by atoms with Crippen LogP contribution in [0.15, 0.2) is 0 Å². The molecule has 0 saturated heterocycles. The minimum absolute atomic E-state index is 0.336. The number of rotatable bonds is 6. The SMILES string of the molecule is CCOC(=O)C(C)C(C)O.CCOC(=O)C(C)C(C)O. The first-order valence-corrected chi connectivity index (χ1v) is 6.88. The Morgan fingerprint density at radius 3 is 1.20 bits per heavy atom. The van der Waals surface area contributed by atoms with E-state index in [-0.39, 0.29) is 11.9 Å². The summed E-state index contributed by atoms with van der Waals surface area (Å²) in [7, 11) is 0. The fourth-order valence-electron chi connectivity index (χ4n) is 0.941. The third-order valence-corrected chi connectivity index (χ3v) is 2.76. The van der Waals surface area contributed by atoms with Crippen molar-refractivity contribution < 1.29 is 29.3 Å². The van der Waals surface area contributed by atoms with Crippen molar-refractivity contribution in [2.45, 2.75) is 53.8 Å². The van der Waals surface area contributed by atoms with Crippen LogP contribution in [0, 0.1) is 11.8 Å². The van der Waals surface area contributed by atoms with Crippen molar-refractivity contribution in [3.8, 4) is 0 Å². The van der Waals surface area contributed by atoms with Gasteiger partial charge in [-0.15, -0.1) is 0 Å². The van der Waals surface area contributed by atoms with Crippen molar-refractivity contribution in [2.75, 3.05) is 13.2 Å². The molecule has 6 heteroatoms. The van der Waals surface area contributed by atoms with Gasteiger partial charge < -0.3 is 19.7 Å². The molecule has 4 unspecified atom stereocenters. The highest BCUT2D eigenvalue weighted by molar-refractivity contribution is 5.72. The summed E-state index contributed by atoms with van der Waals surface area (Å²) in [6.45, 7) is 10.7. The molecule has 0 aliphatic heterocycles. The molecule has 0 spiro atoms. The summed E-state index contributed by atoms with van der Waals surface area (Å²) in [5.74, 6) is -1.50. The third kappa shape index (κ3) is 9.75. The van der Waals surface area contributed by atoms with Crippen LogP contribution in [-0.4, -0.2) is 47.6 Å². The molecule has 6 nitrogen and oxygen atoms in total. The van der Waals surface area contributed by atoms with Gasteiger partial charge in [-0.25, -0.2) is 0 Å². The average molecular weight is 292 g/mol. The fourth-order valence-corrected chi connectivity index (χ4v) is 0.941. The van der Waals surface area contributed by atoms with Crippen LogP contribution in [0.3, 0.4) is 0 Å². The molecule has 0 heterocycles. The van der Waals surface area contributed by atoms with Crippen molar-refractivity contribution in [2.24, 2.45) is 11.8 Å². The van der Waals surface area contributed by atoms with E-state index in [4.69, 9.17) is 10.2 Å². The van der Waals surface area contributed by atoms with Gasteiger partial charge in [0.15, 0.2) is 0 Å². The maximum atomic E-state index is 10.8. The van der Waals surface area contributed by atoms with Crippen LogP contribution >= 0.6 is 0 Å². The normalized spacial score (nSPS) is 16.0. The predicted molar refractivity (Wildman–Crippen MR) is 75.0 cm³/mol. The number of hydrogen-bond acceptors (Lipinski definition) is 6. The van der Waals surface area contributed by atoms with Crippen LogP contribution in [0.5, 0.6) is 0 Å². The Hall–Kier alpha value is -1.14. The Bertz CT molecular complexity index is 247. The minimum atomic E-state index is -0.626. The minimum Gasteiger partial charge on any atom is -0.466 e. The van der Waals surface area contributed by atoms with Crippen molar-refractivity contribution in [3.05, 3.63) is 0 Å². The van der Waals surface area contributed by atoms with Gasteiger partial charge in [-0.1, -0.05) is 0 Å². The maximum absolute atomic E-state index is 10.8. The van der Waals surface area contributed by atoms with Crippen LogP contribution in [-0.2, 0) is 19.1 Å². The zero-order chi connectivity index (χ0) is 16.3. The van der Waals surface area contributed by atoms with Crippen LogP contribution in [0.2, 0.25) is 0 Å². The van der Waals surface area contributed by atoms with E-state index < -0.39 is 24.0 Å². The highest BCUT2D eigenvalue weighted by Crippen LogP contribution is 2.04. The molecular formula is C14H28O6. The van der Waals surface area contributed by atoms with E-state index in [2.05, 4.69) is 9.47 Å². The van der Waals surface area contributed by atoms with Gasteiger partial charge in [0.2, 0.25) is 0 Å². The van der Waals surface area contributed by atoms with E-state index in [1.807, 2.05) is 0 Å². The molecule has 4 atom stereocenters. The van der Waals surface area contributed by atoms with Crippen molar-refractivity contribution in [1.82, 2.24) is 0 Å². The molecule has 0 aromatic carbocycles. The first kappa shape index (κ1) is 21.2. The van der Waals surface area contributed by atoms with Gasteiger partial charge in [0.1, 0.15) is 0 Å². The maximum Gasteiger partial charge on any atom is 0.311 e. The molecule has 0 radical (unpaired) electrons. The number of aliphatic hydroxyl groups excluding tert-OH is 2. The molecule has 0 aliphatic carbocycles. The highest BCUT2D eigenvalue weighted by Gasteiger charge is 2.19. The monoisotopic (exact) mass is 292 g/mol. The summed E-state index contributed by atoms with van der Waals surface area (Å²) in [6.07, 6.45) is -1.25. The largest absolute Gasteiger partial charge is 0.466 e. The van der Waals surface area contributed by atoms with Gasteiger partial charge in [-0.05, 0) is 41.5 Å². The van der Waals surface area contributed by atoms with E-state index in [1.165, 1.54) is 0 Å². The second-order valence-electron chi connectivity index (χ2n) is 4.56. The van der Waals surface area contributed by atoms with Gasteiger partial charge >= 0.3 is 11.9 Å². The number of aliphatic hydroxyl groups is 2. The average Bonchev–Trinajstić information content (AvgIpc) is 2.37. The molecule has 0 saturated carbocycles. The molecule has 0 bridgehead atoms. The molecule has 2 N–H and O–H groups in total. The summed E-state index contributed by atoms with van der Waals surface area (Å²) >= 11 is 0. The summed E-state index contributed by atoms with van der Waals surface area (Å²) < 4.78 is 9.33. The van der Waals surface area contributed by atoms with E-state index in [0.717, 1.165) is 0 Å². The second kappa shape index (κ2) is 11.7. The van der Waals surface area contributed by atoms with Crippen LogP contribution in [0.1, 0.15) is 41.5 Å². The number of carbonyl (C=O) groups excluding carboxylic acids is 2. The Kier molecular flexibility index (Phi) is 12.3. The molecule has 0 aromatic heterocycles. The summed E-state index contributed by atoms with van der Waals surface area (Å²) in [5.41, 5.74) is 0. The Balaban J connectivity index is 0. The Morgan fingerprint density at radius 2 is 1.05 bits per heavy atom. The lowest BCUT2D eigenvalue weighted by atomic mass is 10.1.